The van der Waals surface area contributed by atoms with Crippen LogP contribution < -0.4 is 0 Å². The molecule has 2 aromatic carbocycles. The molecule has 0 spiro atoms. The van der Waals surface area contributed by atoms with Gasteiger partial charge in [0.15, 0.2) is 0 Å². The van der Waals surface area contributed by atoms with Crippen LogP contribution in [-0.2, 0) is 12.8 Å². The zero-order chi connectivity index (χ0) is 15.6. The molecule has 2 aromatic rings. The topological polar surface area (TPSA) is 0 Å². The number of unbranched alkanes of at least 4 members (excludes halogenated alkanes) is 6. The highest BCUT2D eigenvalue weighted by Gasteiger charge is 2.07. The second-order valence-electron chi connectivity index (χ2n) is 6.55. The van der Waals surface area contributed by atoms with Crippen molar-refractivity contribution in [2.24, 2.45) is 0 Å². The lowest BCUT2D eigenvalue weighted by Crippen LogP contribution is -1.97. The minimum absolute atomic E-state index is 1.25. The lowest BCUT2D eigenvalue weighted by Gasteiger charge is -2.13. The van der Waals surface area contributed by atoms with E-state index >= 15 is 0 Å². The molecule has 0 heteroatoms. The summed E-state index contributed by atoms with van der Waals surface area (Å²) in [4.78, 5) is 0. The van der Waals surface area contributed by atoms with Gasteiger partial charge in [-0.05, 0) is 47.6 Å². The van der Waals surface area contributed by atoms with Gasteiger partial charge in [-0.25, -0.2) is 0 Å². The van der Waals surface area contributed by atoms with Crippen molar-refractivity contribution in [3.05, 3.63) is 47.5 Å². The van der Waals surface area contributed by atoms with Crippen LogP contribution in [-0.4, -0.2) is 0 Å². The van der Waals surface area contributed by atoms with Crippen LogP contribution in [0.25, 0.3) is 10.8 Å². The van der Waals surface area contributed by atoms with E-state index in [0.29, 0.717) is 0 Å². The minimum atomic E-state index is 1.25. The number of fused-ring (bicyclic) bond motifs is 1. The predicted octanol–water partition coefficient (Wildman–Crippen LogP) is 7.09. The highest BCUT2D eigenvalue weighted by Crippen LogP contribution is 2.26. The van der Waals surface area contributed by atoms with Crippen LogP contribution in [0.3, 0.4) is 0 Å². The molecule has 0 aliphatic rings. The number of aryl methyl sites for hydroxylation is 2. The zero-order valence-corrected chi connectivity index (χ0v) is 14.5. The smallest absolute Gasteiger partial charge is 0.0149 e. The molecule has 22 heavy (non-hydrogen) atoms. The molecule has 0 bridgehead atoms. The van der Waals surface area contributed by atoms with Crippen LogP contribution in [0.5, 0.6) is 0 Å². The van der Waals surface area contributed by atoms with Crippen molar-refractivity contribution < 1.29 is 0 Å². The predicted molar refractivity (Wildman–Crippen MR) is 99.6 cm³/mol. The Kier molecular flexibility index (Phi) is 7.49. The standard InChI is InChI=1S/C22H32/c1-3-5-7-9-13-19-17-18-20-14-11-12-16-22(20)21(19)15-10-8-6-4-2/h11-12,14,16-18H,3-10,13,15H2,1-2H3. The van der Waals surface area contributed by atoms with Gasteiger partial charge in [0.1, 0.15) is 0 Å². The minimum Gasteiger partial charge on any atom is -0.0654 e. The Morgan fingerprint density at radius 3 is 2.05 bits per heavy atom. The number of rotatable bonds is 10. The first-order chi connectivity index (χ1) is 10.9. The molecule has 0 heterocycles. The molecule has 0 radical (unpaired) electrons. The molecule has 2 rings (SSSR count). The SMILES string of the molecule is CCCCCCc1ccc2ccccc2c1CCCCCC. The zero-order valence-electron chi connectivity index (χ0n) is 14.5. The summed E-state index contributed by atoms with van der Waals surface area (Å²) in [6.45, 7) is 4.58. The van der Waals surface area contributed by atoms with Gasteiger partial charge in [-0.15, -0.1) is 0 Å². The monoisotopic (exact) mass is 296 g/mol. The van der Waals surface area contributed by atoms with Crippen molar-refractivity contribution >= 4 is 10.8 Å². The normalized spacial score (nSPS) is 11.2. The highest BCUT2D eigenvalue weighted by molar-refractivity contribution is 5.86. The number of hydrogen-bond acceptors (Lipinski definition) is 0. The van der Waals surface area contributed by atoms with Gasteiger partial charge in [-0.3, -0.25) is 0 Å². The van der Waals surface area contributed by atoms with Crippen molar-refractivity contribution in [1.82, 2.24) is 0 Å². The van der Waals surface area contributed by atoms with E-state index in [2.05, 4.69) is 50.2 Å². The maximum atomic E-state index is 2.39. The molecule has 0 saturated carbocycles. The quantitative estimate of drug-likeness (QED) is 0.411. The van der Waals surface area contributed by atoms with Crippen LogP contribution in [0.4, 0.5) is 0 Å². The lowest BCUT2D eigenvalue weighted by atomic mass is 9.92. The fourth-order valence-corrected chi connectivity index (χ4v) is 3.38. The molecule has 0 aromatic heterocycles. The van der Waals surface area contributed by atoms with Crippen LogP contribution in [0.2, 0.25) is 0 Å². The highest BCUT2D eigenvalue weighted by atomic mass is 14.1. The first kappa shape index (κ1) is 17.1. The first-order valence-corrected chi connectivity index (χ1v) is 9.36. The van der Waals surface area contributed by atoms with Crippen LogP contribution in [0, 0.1) is 0 Å². The molecule has 0 unspecified atom stereocenters. The van der Waals surface area contributed by atoms with Crippen molar-refractivity contribution in [1.29, 1.82) is 0 Å². The third-order valence-corrected chi connectivity index (χ3v) is 4.72. The molecule has 0 atom stereocenters. The van der Waals surface area contributed by atoms with Crippen LogP contribution in [0.1, 0.15) is 76.3 Å². The maximum Gasteiger partial charge on any atom is -0.0149 e. The van der Waals surface area contributed by atoms with Crippen molar-refractivity contribution in [3.8, 4) is 0 Å². The number of hydrogen-bond donors (Lipinski definition) is 0. The molecule has 0 N–H and O–H groups in total. The Labute approximate surface area is 136 Å². The Bertz CT molecular complexity index is 553. The molecular weight excluding hydrogens is 264 g/mol. The van der Waals surface area contributed by atoms with Gasteiger partial charge in [0.2, 0.25) is 0 Å². The Hall–Kier alpha value is -1.30. The molecule has 0 aliphatic heterocycles. The van der Waals surface area contributed by atoms with Crippen LogP contribution in [0.15, 0.2) is 36.4 Å². The molecule has 0 saturated heterocycles. The van der Waals surface area contributed by atoms with Gasteiger partial charge < -0.3 is 0 Å². The summed E-state index contributed by atoms with van der Waals surface area (Å²) in [7, 11) is 0. The van der Waals surface area contributed by atoms with Crippen molar-refractivity contribution in [2.75, 3.05) is 0 Å². The van der Waals surface area contributed by atoms with Crippen LogP contribution >= 0.6 is 0 Å². The van der Waals surface area contributed by atoms with E-state index in [1.54, 1.807) is 11.1 Å². The van der Waals surface area contributed by atoms with Crippen molar-refractivity contribution in [3.63, 3.8) is 0 Å². The fourth-order valence-electron chi connectivity index (χ4n) is 3.38. The van der Waals surface area contributed by atoms with E-state index in [1.165, 1.54) is 75.0 Å². The molecule has 0 aliphatic carbocycles. The van der Waals surface area contributed by atoms with Gasteiger partial charge in [-0.2, -0.15) is 0 Å². The summed E-state index contributed by atoms with van der Waals surface area (Å²) >= 11 is 0. The molecule has 0 nitrogen and oxygen atoms in total. The van der Waals surface area contributed by atoms with E-state index in [0.717, 1.165) is 0 Å². The van der Waals surface area contributed by atoms with E-state index < -0.39 is 0 Å². The molecule has 120 valence electrons. The summed E-state index contributed by atoms with van der Waals surface area (Å²) in [5, 5.41) is 2.90. The Morgan fingerprint density at radius 1 is 0.636 bits per heavy atom. The Balaban J connectivity index is 2.13. The summed E-state index contributed by atoms with van der Waals surface area (Å²) in [6.07, 6.45) is 13.3. The molecule has 0 fully saturated rings. The second-order valence-corrected chi connectivity index (χ2v) is 6.55. The summed E-state index contributed by atoms with van der Waals surface area (Å²) in [5.41, 5.74) is 3.23. The van der Waals surface area contributed by atoms with Gasteiger partial charge in [0.05, 0.1) is 0 Å². The molecular formula is C22H32. The summed E-state index contributed by atoms with van der Waals surface area (Å²) < 4.78 is 0. The van der Waals surface area contributed by atoms with Gasteiger partial charge >= 0.3 is 0 Å². The summed E-state index contributed by atoms with van der Waals surface area (Å²) in [6, 6.07) is 13.6. The third kappa shape index (κ3) is 4.87. The maximum absolute atomic E-state index is 2.39. The van der Waals surface area contributed by atoms with E-state index in [1.807, 2.05) is 0 Å². The summed E-state index contributed by atoms with van der Waals surface area (Å²) in [5.74, 6) is 0. The van der Waals surface area contributed by atoms with Crippen molar-refractivity contribution in [2.45, 2.75) is 78.1 Å². The van der Waals surface area contributed by atoms with E-state index in [-0.39, 0.29) is 0 Å². The average molecular weight is 296 g/mol. The first-order valence-electron chi connectivity index (χ1n) is 9.36. The third-order valence-electron chi connectivity index (χ3n) is 4.72. The van der Waals surface area contributed by atoms with Gasteiger partial charge in [-0.1, -0.05) is 88.8 Å². The fraction of sp³-hybridized carbons (Fsp3) is 0.545. The van der Waals surface area contributed by atoms with E-state index in [9.17, 15) is 0 Å². The second kappa shape index (κ2) is 9.66. The largest absolute Gasteiger partial charge is 0.0654 e. The van der Waals surface area contributed by atoms with Gasteiger partial charge in [0, 0.05) is 0 Å². The number of benzene rings is 2. The Morgan fingerprint density at radius 2 is 1.32 bits per heavy atom. The average Bonchev–Trinajstić information content (AvgIpc) is 2.56. The van der Waals surface area contributed by atoms with Gasteiger partial charge in [0.25, 0.3) is 0 Å². The van der Waals surface area contributed by atoms with E-state index in [4.69, 9.17) is 0 Å². The lowest BCUT2D eigenvalue weighted by molar-refractivity contribution is 0.652. The molecule has 0 amide bonds.